The van der Waals surface area contributed by atoms with Crippen molar-refractivity contribution < 1.29 is 27.6 Å². The molecule has 2 aliphatic heterocycles. The van der Waals surface area contributed by atoms with Gasteiger partial charge in [0.2, 0.25) is 5.91 Å². The van der Waals surface area contributed by atoms with Crippen LogP contribution in [0.3, 0.4) is 0 Å². The Balaban J connectivity index is 0.00000417. The molecule has 1 saturated carbocycles. The molecule has 0 unspecified atom stereocenters. The van der Waals surface area contributed by atoms with E-state index in [4.69, 9.17) is 11.6 Å². The van der Waals surface area contributed by atoms with Crippen LogP contribution in [-0.2, 0) is 24.6 Å². The lowest BCUT2D eigenvalue weighted by Crippen LogP contribution is -2.51. The summed E-state index contributed by atoms with van der Waals surface area (Å²) in [6.45, 7) is 8.99. The SMILES string of the molecule is C=C(C)Cn1cc(-c2cnc(C(=O)Nc3ccc(C(=O)N4CCN(C(=O)[C@H]5[C@@H]6CNC[C@@H]65)CC4)c(Cl)c3)n2C)c(C(F)(F)F)n1.Cl. The van der Waals surface area contributed by atoms with Crippen molar-refractivity contribution in [3.63, 3.8) is 0 Å². The first-order chi connectivity index (χ1) is 21.3. The standard InChI is InChI=1S/C30H32ClF3N8O3.ClH/c1-16(2)14-42-15-21(25(38-42)30(32,33)34)23-13-36-26(39(23)3)27(43)37-17-4-5-18(22(31)10-17)28(44)40-6-8-41(9-7-40)29(45)24-19-11-35-12-20(19)24;/h4-5,10,13,15,19-20,24,35H,1,6-9,11-12,14H2,2-3H3,(H,37,43);1H/t19-,20+,24+;. The van der Waals surface area contributed by atoms with Gasteiger partial charge < -0.3 is 25.0 Å². The minimum atomic E-state index is -4.73. The van der Waals surface area contributed by atoms with Crippen molar-refractivity contribution >= 4 is 47.4 Å². The zero-order chi connectivity index (χ0) is 32.2. The average molecular weight is 682 g/mol. The fraction of sp³-hybridized carbons (Fsp3) is 0.433. The molecule has 1 aliphatic carbocycles. The summed E-state index contributed by atoms with van der Waals surface area (Å²) in [5, 5.41) is 9.74. The number of hydrogen-bond acceptors (Lipinski definition) is 6. The predicted molar refractivity (Wildman–Crippen MR) is 167 cm³/mol. The number of nitrogens with one attached hydrogen (secondary N) is 2. The monoisotopic (exact) mass is 680 g/mol. The first kappa shape index (κ1) is 33.5. The molecule has 246 valence electrons. The molecule has 11 nitrogen and oxygen atoms in total. The van der Waals surface area contributed by atoms with Crippen LogP contribution < -0.4 is 10.6 Å². The van der Waals surface area contributed by atoms with Gasteiger partial charge in [-0.1, -0.05) is 23.8 Å². The Bertz CT molecular complexity index is 1690. The molecule has 3 amide bonds. The highest BCUT2D eigenvalue weighted by Gasteiger charge is 2.58. The molecule has 2 aromatic heterocycles. The molecule has 2 saturated heterocycles. The molecule has 6 rings (SSSR count). The van der Waals surface area contributed by atoms with Gasteiger partial charge in [0.05, 0.1) is 34.6 Å². The lowest BCUT2D eigenvalue weighted by Gasteiger charge is -2.35. The van der Waals surface area contributed by atoms with E-state index >= 15 is 0 Å². The number of halogens is 5. The maximum atomic E-state index is 13.8. The number of imidazole rings is 1. The summed E-state index contributed by atoms with van der Waals surface area (Å²) in [7, 11) is 1.43. The summed E-state index contributed by atoms with van der Waals surface area (Å²) in [5.74, 6) is 0.0565. The summed E-state index contributed by atoms with van der Waals surface area (Å²) in [5.41, 5.74) is -0.114. The van der Waals surface area contributed by atoms with Gasteiger partial charge in [0.1, 0.15) is 0 Å². The second kappa shape index (κ2) is 12.7. The van der Waals surface area contributed by atoms with Gasteiger partial charge in [0.15, 0.2) is 11.5 Å². The summed E-state index contributed by atoms with van der Waals surface area (Å²) in [4.78, 5) is 46.8. The fourth-order valence-electron chi connectivity index (χ4n) is 6.30. The van der Waals surface area contributed by atoms with Gasteiger partial charge in [0.25, 0.3) is 11.8 Å². The molecule has 0 radical (unpaired) electrons. The number of carbonyl (C=O) groups is 3. The number of rotatable bonds is 7. The highest BCUT2D eigenvalue weighted by atomic mass is 35.5. The molecule has 3 aromatic rings. The van der Waals surface area contributed by atoms with Gasteiger partial charge in [-0.05, 0) is 50.0 Å². The molecule has 46 heavy (non-hydrogen) atoms. The molecular formula is C30H33Cl2F3N8O3. The van der Waals surface area contributed by atoms with Crippen LogP contribution in [0.5, 0.6) is 0 Å². The highest BCUT2D eigenvalue weighted by Crippen LogP contribution is 2.49. The minimum Gasteiger partial charge on any atom is -0.339 e. The van der Waals surface area contributed by atoms with Gasteiger partial charge in [-0.2, -0.15) is 18.3 Å². The molecule has 0 spiro atoms. The van der Waals surface area contributed by atoms with Crippen LogP contribution in [0.1, 0.15) is 33.6 Å². The van der Waals surface area contributed by atoms with Crippen LogP contribution in [-0.4, -0.2) is 86.1 Å². The van der Waals surface area contributed by atoms with Gasteiger partial charge in [-0.15, -0.1) is 12.4 Å². The molecular weight excluding hydrogens is 648 g/mol. The number of carbonyl (C=O) groups excluding carboxylic acids is 3. The van der Waals surface area contributed by atoms with E-state index in [2.05, 4.69) is 27.3 Å². The Morgan fingerprint density at radius 2 is 1.76 bits per heavy atom. The number of piperazine rings is 1. The smallest absolute Gasteiger partial charge is 0.339 e. The molecule has 3 atom stereocenters. The number of amides is 3. The third-order valence-corrected chi connectivity index (χ3v) is 8.95. The molecule has 4 heterocycles. The number of anilines is 1. The van der Waals surface area contributed by atoms with Crippen LogP contribution in [0.25, 0.3) is 11.3 Å². The maximum absolute atomic E-state index is 13.8. The van der Waals surface area contributed by atoms with Crippen molar-refractivity contribution in [1.82, 2.24) is 34.4 Å². The van der Waals surface area contributed by atoms with E-state index in [0.717, 1.165) is 17.8 Å². The zero-order valence-electron chi connectivity index (χ0n) is 25.1. The number of hydrogen-bond donors (Lipinski definition) is 2. The van der Waals surface area contributed by atoms with Crippen molar-refractivity contribution in [3.05, 3.63) is 64.8 Å². The number of benzene rings is 1. The molecule has 1 aromatic carbocycles. The minimum absolute atomic E-state index is 0. The summed E-state index contributed by atoms with van der Waals surface area (Å²) < 4.78 is 43.7. The quantitative estimate of drug-likeness (QED) is 0.365. The van der Waals surface area contributed by atoms with E-state index in [1.54, 1.807) is 11.8 Å². The molecule has 3 fully saturated rings. The fourth-order valence-corrected chi connectivity index (χ4v) is 6.56. The Morgan fingerprint density at radius 1 is 1.11 bits per heavy atom. The van der Waals surface area contributed by atoms with E-state index in [9.17, 15) is 27.6 Å². The van der Waals surface area contributed by atoms with Crippen LogP contribution in [0.4, 0.5) is 18.9 Å². The number of fused-ring (bicyclic) bond motifs is 1. The predicted octanol–water partition coefficient (Wildman–Crippen LogP) is 3.96. The Labute approximate surface area is 274 Å². The van der Waals surface area contributed by atoms with E-state index in [-0.39, 0.29) is 70.0 Å². The van der Waals surface area contributed by atoms with Crippen molar-refractivity contribution in [3.8, 4) is 11.3 Å². The van der Waals surface area contributed by atoms with Gasteiger partial charge in [-0.25, -0.2) is 4.98 Å². The lowest BCUT2D eigenvalue weighted by molar-refractivity contribution is -0.141. The van der Waals surface area contributed by atoms with E-state index in [1.807, 2.05) is 4.90 Å². The third kappa shape index (κ3) is 6.38. The molecule has 3 aliphatic rings. The van der Waals surface area contributed by atoms with Crippen molar-refractivity contribution in [1.29, 1.82) is 0 Å². The van der Waals surface area contributed by atoms with E-state index < -0.39 is 17.8 Å². The zero-order valence-corrected chi connectivity index (χ0v) is 26.7. The lowest BCUT2D eigenvalue weighted by atomic mass is 10.1. The van der Waals surface area contributed by atoms with Crippen LogP contribution in [0, 0.1) is 17.8 Å². The second-order valence-electron chi connectivity index (χ2n) is 11.8. The maximum Gasteiger partial charge on any atom is 0.435 e. The largest absolute Gasteiger partial charge is 0.435 e. The van der Waals surface area contributed by atoms with Crippen molar-refractivity contribution in [2.45, 2.75) is 19.6 Å². The summed E-state index contributed by atoms with van der Waals surface area (Å²) >= 11 is 6.46. The van der Waals surface area contributed by atoms with Gasteiger partial charge in [0, 0.05) is 51.0 Å². The first-order valence-electron chi connectivity index (χ1n) is 14.5. The first-order valence-corrected chi connectivity index (χ1v) is 14.9. The highest BCUT2D eigenvalue weighted by molar-refractivity contribution is 6.34. The average Bonchev–Trinajstić information content (AvgIpc) is 3.35. The van der Waals surface area contributed by atoms with Crippen LogP contribution in [0.15, 0.2) is 42.7 Å². The Hall–Kier alpha value is -3.88. The molecule has 2 N–H and O–H groups in total. The summed E-state index contributed by atoms with van der Waals surface area (Å²) in [6.07, 6.45) is -2.29. The number of aromatic nitrogens is 4. The molecule has 0 bridgehead atoms. The Kier molecular flexibility index (Phi) is 9.26. The number of allylic oxidation sites excluding steroid dienone is 1. The van der Waals surface area contributed by atoms with Crippen molar-refractivity contribution in [2.24, 2.45) is 24.8 Å². The van der Waals surface area contributed by atoms with E-state index in [1.165, 1.54) is 42.2 Å². The summed E-state index contributed by atoms with van der Waals surface area (Å²) in [6, 6.07) is 4.45. The topological polar surface area (TPSA) is 117 Å². The van der Waals surface area contributed by atoms with Gasteiger partial charge >= 0.3 is 6.18 Å². The van der Waals surface area contributed by atoms with E-state index in [0.29, 0.717) is 43.6 Å². The molecule has 16 heteroatoms. The number of nitrogens with zero attached hydrogens (tertiary/aromatic N) is 6. The number of piperidine rings is 1. The Morgan fingerprint density at radius 3 is 2.37 bits per heavy atom. The normalized spacial score (nSPS) is 20.6. The number of alkyl halides is 3. The van der Waals surface area contributed by atoms with Crippen molar-refractivity contribution in [2.75, 3.05) is 44.6 Å². The van der Waals surface area contributed by atoms with Gasteiger partial charge in [-0.3, -0.25) is 19.1 Å². The van der Waals surface area contributed by atoms with Crippen LogP contribution >= 0.6 is 24.0 Å². The second-order valence-corrected chi connectivity index (χ2v) is 12.3. The van der Waals surface area contributed by atoms with Crippen LogP contribution in [0.2, 0.25) is 5.02 Å². The third-order valence-electron chi connectivity index (χ3n) is 8.64.